The Labute approximate surface area is 123 Å². The number of likely N-dealkylation sites (tertiary alicyclic amines) is 1. The van der Waals surface area contributed by atoms with Crippen molar-refractivity contribution < 1.29 is 19.4 Å². The third kappa shape index (κ3) is 3.87. The Bertz CT molecular complexity index is 524. The van der Waals surface area contributed by atoms with Crippen molar-refractivity contribution in [2.45, 2.75) is 19.3 Å². The second-order valence-electron chi connectivity index (χ2n) is 4.98. The second-order valence-corrected chi connectivity index (χ2v) is 4.98. The first-order valence-electron chi connectivity index (χ1n) is 7.05. The van der Waals surface area contributed by atoms with Crippen LogP contribution in [0.15, 0.2) is 18.2 Å². The van der Waals surface area contributed by atoms with Crippen LogP contribution in [0.3, 0.4) is 0 Å². The van der Waals surface area contributed by atoms with E-state index in [0.717, 1.165) is 25.9 Å². The molecule has 0 atom stereocenters. The average molecular weight is 292 g/mol. The second kappa shape index (κ2) is 6.97. The Morgan fingerprint density at radius 3 is 2.67 bits per heavy atom. The number of phenolic OH excluding ortho intramolecular Hbond substituents is 1. The third-order valence-electron chi connectivity index (χ3n) is 3.52. The molecule has 6 nitrogen and oxygen atoms in total. The molecule has 1 saturated heterocycles. The number of amides is 2. The number of nitrogens with one attached hydrogen (secondary N) is 1. The van der Waals surface area contributed by atoms with Crippen molar-refractivity contribution in [2.24, 2.45) is 0 Å². The van der Waals surface area contributed by atoms with Gasteiger partial charge in [-0.3, -0.25) is 9.59 Å². The lowest BCUT2D eigenvalue weighted by atomic mass is 10.2. The van der Waals surface area contributed by atoms with Gasteiger partial charge in [-0.15, -0.1) is 0 Å². The summed E-state index contributed by atoms with van der Waals surface area (Å²) >= 11 is 0. The molecule has 1 aromatic carbocycles. The van der Waals surface area contributed by atoms with Gasteiger partial charge < -0.3 is 20.1 Å². The number of carbonyl (C=O) groups excluding carboxylic acids is 2. The van der Waals surface area contributed by atoms with Crippen molar-refractivity contribution in [3.05, 3.63) is 23.8 Å². The molecule has 0 saturated carbocycles. The third-order valence-corrected chi connectivity index (χ3v) is 3.52. The molecule has 21 heavy (non-hydrogen) atoms. The number of rotatable bonds is 5. The van der Waals surface area contributed by atoms with Crippen LogP contribution < -0.4 is 10.1 Å². The highest BCUT2D eigenvalue weighted by molar-refractivity contribution is 5.95. The summed E-state index contributed by atoms with van der Waals surface area (Å²) in [6.07, 6.45) is 2.42. The maximum absolute atomic E-state index is 11.9. The lowest BCUT2D eigenvalue weighted by Gasteiger charge is -2.15. The van der Waals surface area contributed by atoms with Gasteiger partial charge in [0.25, 0.3) is 5.91 Å². The Balaban J connectivity index is 1.81. The Hall–Kier alpha value is -2.24. The summed E-state index contributed by atoms with van der Waals surface area (Å²) in [4.78, 5) is 25.6. The molecule has 114 valence electrons. The van der Waals surface area contributed by atoms with Crippen molar-refractivity contribution in [1.82, 2.24) is 10.2 Å². The van der Waals surface area contributed by atoms with Gasteiger partial charge in [-0.2, -0.15) is 0 Å². The first-order valence-corrected chi connectivity index (χ1v) is 7.05. The zero-order valence-electron chi connectivity index (χ0n) is 12.1. The number of aromatic hydroxyl groups is 1. The smallest absolute Gasteiger partial charge is 0.251 e. The van der Waals surface area contributed by atoms with E-state index in [-0.39, 0.29) is 17.6 Å². The summed E-state index contributed by atoms with van der Waals surface area (Å²) in [5.74, 6) is -0.0124. The van der Waals surface area contributed by atoms with Gasteiger partial charge in [-0.25, -0.2) is 0 Å². The fourth-order valence-corrected chi connectivity index (χ4v) is 2.34. The molecule has 0 aliphatic carbocycles. The van der Waals surface area contributed by atoms with Crippen molar-refractivity contribution in [2.75, 3.05) is 26.7 Å². The summed E-state index contributed by atoms with van der Waals surface area (Å²) in [6.45, 7) is 1.93. The molecule has 0 bridgehead atoms. The predicted molar refractivity (Wildman–Crippen MR) is 77.4 cm³/mol. The molecule has 1 aromatic rings. The van der Waals surface area contributed by atoms with E-state index in [1.807, 2.05) is 4.90 Å². The highest BCUT2D eigenvalue weighted by Crippen LogP contribution is 2.26. The van der Waals surface area contributed by atoms with Gasteiger partial charge in [0.05, 0.1) is 7.11 Å². The molecule has 1 aliphatic rings. The summed E-state index contributed by atoms with van der Waals surface area (Å²) in [6, 6.07) is 4.44. The number of ether oxygens (including phenoxy) is 1. The highest BCUT2D eigenvalue weighted by Gasteiger charge is 2.17. The standard InChI is InChI=1S/C15H20N2O4/c1-21-13-5-4-11(10-12(13)18)15(20)16-7-6-14(19)17-8-2-3-9-17/h4-5,10,18H,2-3,6-9H2,1H3,(H,16,20). The minimum absolute atomic E-state index is 0.0744. The van der Waals surface area contributed by atoms with Gasteiger partial charge in [0.1, 0.15) is 0 Å². The van der Waals surface area contributed by atoms with Crippen LogP contribution in [-0.2, 0) is 4.79 Å². The fourth-order valence-electron chi connectivity index (χ4n) is 2.34. The summed E-state index contributed by atoms with van der Waals surface area (Å²) in [5, 5.41) is 12.3. The number of methoxy groups -OCH3 is 1. The number of hydrogen-bond acceptors (Lipinski definition) is 4. The van der Waals surface area contributed by atoms with Crippen LogP contribution in [-0.4, -0.2) is 48.6 Å². The van der Waals surface area contributed by atoms with Crippen LogP contribution in [0.5, 0.6) is 11.5 Å². The quantitative estimate of drug-likeness (QED) is 0.853. The number of phenols is 1. The number of hydrogen-bond donors (Lipinski definition) is 2. The average Bonchev–Trinajstić information content (AvgIpc) is 3.01. The monoisotopic (exact) mass is 292 g/mol. The molecule has 1 fully saturated rings. The number of nitrogens with zero attached hydrogens (tertiary/aromatic N) is 1. The normalized spacial score (nSPS) is 14.0. The molecule has 0 radical (unpaired) electrons. The fraction of sp³-hybridized carbons (Fsp3) is 0.467. The van der Waals surface area contributed by atoms with E-state index in [2.05, 4.69) is 5.32 Å². The number of carbonyl (C=O) groups is 2. The highest BCUT2D eigenvalue weighted by atomic mass is 16.5. The van der Waals surface area contributed by atoms with Crippen LogP contribution >= 0.6 is 0 Å². The van der Waals surface area contributed by atoms with Crippen molar-refractivity contribution in [3.63, 3.8) is 0 Å². The summed E-state index contributed by atoms with van der Waals surface area (Å²) in [7, 11) is 1.44. The Morgan fingerprint density at radius 1 is 1.33 bits per heavy atom. The van der Waals surface area contributed by atoms with E-state index < -0.39 is 0 Å². The maximum Gasteiger partial charge on any atom is 0.251 e. The van der Waals surface area contributed by atoms with Gasteiger partial charge in [0.2, 0.25) is 5.91 Å². The molecule has 0 aromatic heterocycles. The minimum Gasteiger partial charge on any atom is -0.504 e. The van der Waals surface area contributed by atoms with Gasteiger partial charge in [-0.05, 0) is 31.0 Å². The van der Waals surface area contributed by atoms with E-state index in [4.69, 9.17) is 4.74 Å². The lowest BCUT2D eigenvalue weighted by Crippen LogP contribution is -2.32. The van der Waals surface area contributed by atoms with Crippen LogP contribution in [0, 0.1) is 0 Å². The van der Waals surface area contributed by atoms with Gasteiger partial charge in [-0.1, -0.05) is 0 Å². The van der Waals surface area contributed by atoms with Gasteiger partial charge in [0.15, 0.2) is 11.5 Å². The minimum atomic E-state index is -0.317. The van der Waals surface area contributed by atoms with E-state index in [1.54, 1.807) is 6.07 Å². The first kappa shape index (κ1) is 15.2. The zero-order valence-corrected chi connectivity index (χ0v) is 12.1. The van der Waals surface area contributed by atoms with Crippen LogP contribution in [0.4, 0.5) is 0 Å². The summed E-state index contributed by atoms with van der Waals surface area (Å²) < 4.78 is 4.92. The van der Waals surface area contributed by atoms with Crippen molar-refractivity contribution in [3.8, 4) is 11.5 Å². The SMILES string of the molecule is COc1ccc(C(=O)NCCC(=O)N2CCCC2)cc1O. The molecular weight excluding hydrogens is 272 g/mol. The molecule has 0 unspecified atom stereocenters. The number of benzene rings is 1. The van der Waals surface area contributed by atoms with Crippen LogP contribution in [0.1, 0.15) is 29.6 Å². The molecule has 2 amide bonds. The Morgan fingerprint density at radius 2 is 2.05 bits per heavy atom. The first-order chi connectivity index (χ1) is 10.1. The van der Waals surface area contributed by atoms with Gasteiger partial charge in [0, 0.05) is 31.6 Å². The maximum atomic E-state index is 11.9. The van der Waals surface area contributed by atoms with Crippen LogP contribution in [0.2, 0.25) is 0 Å². The lowest BCUT2D eigenvalue weighted by molar-refractivity contribution is -0.129. The topological polar surface area (TPSA) is 78.9 Å². The van der Waals surface area contributed by atoms with E-state index in [0.29, 0.717) is 24.3 Å². The zero-order chi connectivity index (χ0) is 15.2. The van der Waals surface area contributed by atoms with Crippen LogP contribution in [0.25, 0.3) is 0 Å². The Kier molecular flexibility index (Phi) is 5.03. The van der Waals surface area contributed by atoms with Gasteiger partial charge >= 0.3 is 0 Å². The van der Waals surface area contributed by atoms with Crippen molar-refractivity contribution in [1.29, 1.82) is 0 Å². The molecule has 6 heteroatoms. The predicted octanol–water partition coefficient (Wildman–Crippen LogP) is 1.14. The van der Waals surface area contributed by atoms with E-state index in [9.17, 15) is 14.7 Å². The van der Waals surface area contributed by atoms with Crippen molar-refractivity contribution >= 4 is 11.8 Å². The summed E-state index contributed by atoms with van der Waals surface area (Å²) in [5.41, 5.74) is 0.335. The molecule has 0 spiro atoms. The molecule has 1 heterocycles. The molecule has 1 aliphatic heterocycles. The van der Waals surface area contributed by atoms with E-state index in [1.165, 1.54) is 19.2 Å². The molecule has 2 N–H and O–H groups in total. The molecule has 2 rings (SSSR count). The largest absolute Gasteiger partial charge is 0.504 e. The van der Waals surface area contributed by atoms with E-state index >= 15 is 0 Å². The molecular formula is C15H20N2O4.